The highest BCUT2D eigenvalue weighted by atomic mass is 35.5. The minimum absolute atomic E-state index is 0.0109. The van der Waals surface area contributed by atoms with Gasteiger partial charge in [0.2, 0.25) is 0 Å². The highest BCUT2D eigenvalue weighted by molar-refractivity contribution is 6.30. The van der Waals surface area contributed by atoms with Gasteiger partial charge >= 0.3 is 6.03 Å². The second kappa shape index (κ2) is 13.6. The highest BCUT2D eigenvalue weighted by Gasteiger charge is 2.43. The zero-order valence-corrected chi connectivity index (χ0v) is 23.1. The van der Waals surface area contributed by atoms with E-state index in [1.54, 1.807) is 19.2 Å². The SMILES string of the molecule is COCCCC[C@@](O)(c1cccc(Cl)c1F)[C@@H]1CCCN(C(=O)N[C@@H]2CNCC[C@H]2C2CCCCC2)C1. The Bertz CT molecular complexity index is 884. The number of hydrogen-bond donors (Lipinski definition) is 3. The Balaban J connectivity index is 1.47. The van der Waals surface area contributed by atoms with Crippen molar-refractivity contribution in [3.05, 3.63) is 34.6 Å². The number of urea groups is 1. The number of hydrogen-bond acceptors (Lipinski definition) is 4. The molecule has 0 aromatic heterocycles. The van der Waals surface area contributed by atoms with Crippen molar-refractivity contribution in [1.29, 1.82) is 0 Å². The van der Waals surface area contributed by atoms with E-state index in [1.165, 1.54) is 38.2 Å². The lowest BCUT2D eigenvalue weighted by Crippen LogP contribution is -2.58. The molecular weight excluding hydrogens is 493 g/mol. The largest absolute Gasteiger partial charge is 0.385 e. The van der Waals surface area contributed by atoms with E-state index >= 15 is 4.39 Å². The van der Waals surface area contributed by atoms with Crippen molar-refractivity contribution in [2.45, 2.75) is 82.3 Å². The van der Waals surface area contributed by atoms with Crippen LogP contribution in [0.2, 0.25) is 5.02 Å². The van der Waals surface area contributed by atoms with Gasteiger partial charge in [0.15, 0.2) is 0 Å². The summed E-state index contributed by atoms with van der Waals surface area (Å²) in [5, 5.41) is 18.9. The van der Waals surface area contributed by atoms with Crippen LogP contribution in [0.15, 0.2) is 18.2 Å². The summed E-state index contributed by atoms with van der Waals surface area (Å²) in [4.78, 5) is 15.4. The highest BCUT2D eigenvalue weighted by Crippen LogP contribution is 2.42. The molecule has 1 aromatic carbocycles. The maximum absolute atomic E-state index is 15.2. The zero-order chi connectivity index (χ0) is 26.3. The Hall–Kier alpha value is -1.41. The van der Waals surface area contributed by atoms with Gasteiger partial charge in [-0.25, -0.2) is 9.18 Å². The second-order valence-corrected chi connectivity index (χ2v) is 11.8. The maximum atomic E-state index is 15.2. The number of aliphatic hydroxyl groups is 1. The van der Waals surface area contributed by atoms with Gasteiger partial charge in [-0.15, -0.1) is 0 Å². The summed E-state index contributed by atoms with van der Waals surface area (Å²) in [5.41, 5.74) is -1.17. The van der Waals surface area contributed by atoms with Crippen molar-refractivity contribution in [2.75, 3.05) is 39.9 Å². The lowest BCUT2D eigenvalue weighted by Gasteiger charge is -2.44. The van der Waals surface area contributed by atoms with E-state index in [0.29, 0.717) is 44.4 Å². The van der Waals surface area contributed by atoms with Gasteiger partial charge in [0.25, 0.3) is 0 Å². The number of nitrogens with one attached hydrogen (secondary N) is 2. The molecule has 1 saturated carbocycles. The third-order valence-electron chi connectivity index (χ3n) is 9.06. The van der Waals surface area contributed by atoms with Crippen molar-refractivity contribution < 1.29 is 19.0 Å². The van der Waals surface area contributed by atoms with Gasteiger partial charge in [-0.05, 0) is 63.0 Å². The van der Waals surface area contributed by atoms with Crippen molar-refractivity contribution in [3.63, 3.8) is 0 Å². The van der Waals surface area contributed by atoms with Gasteiger partial charge in [0, 0.05) is 50.9 Å². The number of halogens is 2. The summed E-state index contributed by atoms with van der Waals surface area (Å²) in [6.45, 7) is 3.45. The lowest BCUT2D eigenvalue weighted by molar-refractivity contribution is -0.0589. The quantitative estimate of drug-likeness (QED) is 0.365. The van der Waals surface area contributed by atoms with Gasteiger partial charge in [-0.1, -0.05) is 55.8 Å². The molecule has 2 aliphatic heterocycles. The molecule has 2 heterocycles. The van der Waals surface area contributed by atoms with Crippen LogP contribution in [0.5, 0.6) is 0 Å². The zero-order valence-electron chi connectivity index (χ0n) is 22.3. The number of benzene rings is 1. The minimum Gasteiger partial charge on any atom is -0.385 e. The van der Waals surface area contributed by atoms with Crippen LogP contribution in [0.3, 0.4) is 0 Å². The number of methoxy groups -OCH3 is 1. The van der Waals surface area contributed by atoms with Gasteiger partial charge in [-0.2, -0.15) is 0 Å². The summed E-state index contributed by atoms with van der Waals surface area (Å²) in [6, 6.07) is 4.90. The molecule has 2 amide bonds. The van der Waals surface area contributed by atoms with Crippen LogP contribution < -0.4 is 10.6 Å². The number of unbranched alkanes of at least 4 members (excludes halogenated alkanes) is 1. The Morgan fingerprint density at radius 2 is 2.03 bits per heavy atom. The van der Waals surface area contributed by atoms with E-state index in [1.807, 2.05) is 4.90 Å². The molecule has 0 radical (unpaired) electrons. The summed E-state index contributed by atoms with van der Waals surface area (Å²) in [7, 11) is 1.65. The Morgan fingerprint density at radius 3 is 2.81 bits per heavy atom. The monoisotopic (exact) mass is 537 g/mol. The molecule has 2 saturated heterocycles. The van der Waals surface area contributed by atoms with Crippen LogP contribution in [0.1, 0.15) is 76.2 Å². The standard InChI is InChI=1S/C29H45ClFN3O3/c1-37-18-6-5-15-29(36,24-12-7-13-25(30)27(24)31)22-11-8-17-34(20-22)28(35)33-26-19-32-16-14-23(26)21-9-3-2-4-10-21/h7,12-13,21-23,26,32,36H,2-6,8-11,14-20H2,1H3,(H,33,35)/t22-,23+,26-,29+/m1/s1. The first-order chi connectivity index (χ1) is 17.9. The number of rotatable bonds is 9. The van der Waals surface area contributed by atoms with Gasteiger partial charge in [0.05, 0.1) is 10.6 Å². The number of carbonyl (C=O) groups is 1. The molecule has 37 heavy (non-hydrogen) atoms. The van der Waals surface area contributed by atoms with E-state index in [4.69, 9.17) is 16.3 Å². The lowest BCUT2D eigenvalue weighted by atomic mass is 9.73. The number of nitrogens with zero attached hydrogens (tertiary/aromatic N) is 1. The first-order valence-electron chi connectivity index (χ1n) is 14.4. The van der Waals surface area contributed by atoms with Crippen LogP contribution in [-0.2, 0) is 10.3 Å². The molecule has 6 nitrogen and oxygen atoms in total. The molecule has 208 valence electrons. The second-order valence-electron chi connectivity index (χ2n) is 11.4. The third kappa shape index (κ3) is 6.97. The summed E-state index contributed by atoms with van der Waals surface area (Å²) < 4.78 is 20.4. The van der Waals surface area contributed by atoms with Crippen LogP contribution in [0.25, 0.3) is 0 Å². The summed E-state index contributed by atoms with van der Waals surface area (Å²) >= 11 is 6.12. The molecule has 0 bridgehead atoms. The number of piperidine rings is 2. The van der Waals surface area contributed by atoms with Crippen LogP contribution in [-0.4, -0.2) is 62.0 Å². The average Bonchev–Trinajstić information content (AvgIpc) is 2.93. The van der Waals surface area contributed by atoms with E-state index < -0.39 is 11.4 Å². The van der Waals surface area contributed by atoms with Crippen molar-refractivity contribution in [3.8, 4) is 0 Å². The maximum Gasteiger partial charge on any atom is 0.317 e. The number of likely N-dealkylation sites (tertiary alicyclic amines) is 1. The molecule has 0 unspecified atom stereocenters. The number of amides is 2. The molecule has 0 spiro atoms. The molecule has 1 aliphatic carbocycles. The first kappa shape index (κ1) is 28.6. The number of ether oxygens (including phenoxy) is 1. The summed E-state index contributed by atoms with van der Waals surface area (Å²) in [6.07, 6.45) is 10.9. The molecule has 4 rings (SSSR count). The summed E-state index contributed by atoms with van der Waals surface area (Å²) in [5.74, 6) is 0.368. The predicted octanol–water partition coefficient (Wildman–Crippen LogP) is 5.46. The molecule has 1 aromatic rings. The fourth-order valence-electron chi connectivity index (χ4n) is 7.00. The molecule has 4 atom stereocenters. The first-order valence-corrected chi connectivity index (χ1v) is 14.7. The van der Waals surface area contributed by atoms with Crippen LogP contribution in [0, 0.1) is 23.6 Å². The van der Waals surface area contributed by atoms with Crippen molar-refractivity contribution >= 4 is 17.6 Å². The topological polar surface area (TPSA) is 73.8 Å². The van der Waals surface area contributed by atoms with Crippen LogP contribution in [0.4, 0.5) is 9.18 Å². The minimum atomic E-state index is -1.40. The van der Waals surface area contributed by atoms with Gasteiger partial charge < -0.3 is 25.4 Å². The van der Waals surface area contributed by atoms with E-state index in [2.05, 4.69) is 10.6 Å². The van der Waals surface area contributed by atoms with Crippen molar-refractivity contribution in [2.24, 2.45) is 17.8 Å². The van der Waals surface area contributed by atoms with Gasteiger partial charge in [0.1, 0.15) is 5.82 Å². The third-order valence-corrected chi connectivity index (χ3v) is 9.35. The molecule has 8 heteroatoms. The predicted molar refractivity (Wildman–Crippen MR) is 145 cm³/mol. The average molecular weight is 538 g/mol. The van der Waals surface area contributed by atoms with E-state index in [0.717, 1.165) is 38.8 Å². The Labute approximate surface area is 226 Å². The van der Waals surface area contributed by atoms with Gasteiger partial charge in [-0.3, -0.25) is 0 Å². The molecule has 3 aliphatic rings. The fraction of sp³-hybridized carbons (Fsp3) is 0.759. The van der Waals surface area contributed by atoms with E-state index in [-0.39, 0.29) is 28.6 Å². The smallest absolute Gasteiger partial charge is 0.317 e. The Kier molecular flexibility index (Phi) is 10.5. The molecule has 3 fully saturated rings. The fourth-order valence-corrected chi connectivity index (χ4v) is 7.18. The number of carbonyl (C=O) groups excluding carboxylic acids is 1. The van der Waals surface area contributed by atoms with Crippen LogP contribution >= 0.6 is 11.6 Å². The van der Waals surface area contributed by atoms with Crippen molar-refractivity contribution in [1.82, 2.24) is 15.5 Å². The molecule has 3 N–H and O–H groups in total. The Morgan fingerprint density at radius 1 is 1.22 bits per heavy atom. The normalized spacial score (nSPS) is 27.0. The van der Waals surface area contributed by atoms with E-state index in [9.17, 15) is 9.90 Å². The molecular formula is C29H45ClFN3O3.